The monoisotopic (exact) mass is 337 g/mol. The zero-order chi connectivity index (χ0) is 17.0. The molecule has 3 aliphatic rings. The highest BCUT2D eigenvalue weighted by atomic mass is 16.4. The van der Waals surface area contributed by atoms with E-state index in [1.165, 1.54) is 10.5 Å². The number of nitrogens with zero attached hydrogens (tertiary/aromatic N) is 2. The highest BCUT2D eigenvalue weighted by Gasteiger charge is 2.52. The van der Waals surface area contributed by atoms with Crippen LogP contribution in [0.1, 0.15) is 48.0 Å². The normalized spacial score (nSPS) is 25.4. The van der Waals surface area contributed by atoms with Crippen LogP contribution in [0.25, 0.3) is 0 Å². The third-order valence-corrected chi connectivity index (χ3v) is 5.52. The maximum atomic E-state index is 13.0. The van der Waals surface area contributed by atoms with Crippen molar-refractivity contribution in [3.05, 3.63) is 53.2 Å². The molecule has 5 rings (SSSR count). The molecule has 3 amide bonds. The molecule has 6 nitrogen and oxygen atoms in total. The molecular weight excluding hydrogens is 318 g/mol. The van der Waals surface area contributed by atoms with Crippen LogP contribution in [-0.2, 0) is 24.2 Å². The molecule has 128 valence electrons. The molecule has 25 heavy (non-hydrogen) atoms. The van der Waals surface area contributed by atoms with Crippen molar-refractivity contribution in [1.82, 2.24) is 15.2 Å². The fourth-order valence-corrected chi connectivity index (χ4v) is 3.93. The van der Waals surface area contributed by atoms with Gasteiger partial charge >= 0.3 is 6.03 Å². The Morgan fingerprint density at radius 1 is 1.24 bits per heavy atom. The van der Waals surface area contributed by atoms with Crippen molar-refractivity contribution in [2.24, 2.45) is 0 Å². The van der Waals surface area contributed by atoms with Crippen LogP contribution in [0.15, 0.2) is 34.9 Å². The van der Waals surface area contributed by atoms with Gasteiger partial charge in [-0.05, 0) is 36.8 Å². The highest BCUT2D eigenvalue weighted by molar-refractivity contribution is 6.07. The van der Waals surface area contributed by atoms with Crippen LogP contribution in [0.5, 0.6) is 0 Å². The van der Waals surface area contributed by atoms with Crippen molar-refractivity contribution >= 4 is 11.9 Å². The van der Waals surface area contributed by atoms with Gasteiger partial charge in [0.15, 0.2) is 0 Å². The topological polar surface area (TPSA) is 75.4 Å². The molecule has 2 fully saturated rings. The molecule has 0 radical (unpaired) electrons. The Morgan fingerprint density at radius 3 is 2.84 bits per heavy atom. The smallest absolute Gasteiger partial charge is 0.325 e. The van der Waals surface area contributed by atoms with Gasteiger partial charge in [-0.1, -0.05) is 24.3 Å². The third-order valence-electron chi connectivity index (χ3n) is 5.52. The Labute approximate surface area is 145 Å². The van der Waals surface area contributed by atoms with Crippen LogP contribution >= 0.6 is 0 Å². The Kier molecular flexibility index (Phi) is 3.04. The fourth-order valence-electron chi connectivity index (χ4n) is 3.93. The first-order valence-electron chi connectivity index (χ1n) is 8.80. The third kappa shape index (κ3) is 2.35. The molecule has 1 N–H and O–H groups in total. The Morgan fingerprint density at radius 2 is 2.04 bits per heavy atom. The average Bonchev–Trinajstić information content (AvgIpc) is 3.33. The van der Waals surface area contributed by atoms with Gasteiger partial charge in [0.1, 0.15) is 17.8 Å². The van der Waals surface area contributed by atoms with Crippen molar-refractivity contribution < 1.29 is 14.0 Å². The van der Waals surface area contributed by atoms with E-state index in [1.54, 1.807) is 6.20 Å². The largest absolute Gasteiger partial charge is 0.443 e. The van der Waals surface area contributed by atoms with E-state index in [0.717, 1.165) is 30.6 Å². The molecule has 1 atom stereocenters. The zero-order valence-electron chi connectivity index (χ0n) is 13.8. The number of imide groups is 1. The minimum Gasteiger partial charge on any atom is -0.443 e. The summed E-state index contributed by atoms with van der Waals surface area (Å²) in [7, 11) is 0. The molecule has 1 saturated heterocycles. The Hall–Kier alpha value is -2.63. The number of carbonyl (C=O) groups excluding carboxylic acids is 2. The molecule has 1 spiro atoms. The van der Waals surface area contributed by atoms with E-state index in [2.05, 4.69) is 16.4 Å². The lowest BCUT2D eigenvalue weighted by atomic mass is 9.78. The molecule has 2 heterocycles. The molecule has 1 aromatic carbocycles. The van der Waals surface area contributed by atoms with Crippen molar-refractivity contribution in [2.75, 3.05) is 0 Å². The molecule has 1 aliphatic heterocycles. The summed E-state index contributed by atoms with van der Waals surface area (Å²) in [4.78, 5) is 31.0. The van der Waals surface area contributed by atoms with E-state index in [1.807, 2.05) is 18.2 Å². The van der Waals surface area contributed by atoms with E-state index in [0.29, 0.717) is 24.7 Å². The van der Waals surface area contributed by atoms with Gasteiger partial charge in [-0.25, -0.2) is 9.78 Å². The van der Waals surface area contributed by atoms with E-state index in [-0.39, 0.29) is 18.5 Å². The molecule has 2 aromatic rings. The second kappa shape index (κ2) is 5.18. The zero-order valence-corrected chi connectivity index (χ0v) is 13.8. The average molecular weight is 337 g/mol. The molecular formula is C19H19N3O3. The predicted molar refractivity (Wildman–Crippen MR) is 88.8 cm³/mol. The first-order chi connectivity index (χ1) is 12.1. The lowest BCUT2D eigenvalue weighted by molar-refractivity contribution is -0.132. The molecule has 1 saturated carbocycles. The quantitative estimate of drug-likeness (QED) is 0.873. The second-order valence-electron chi connectivity index (χ2n) is 7.28. The standard InChI is InChI=1S/C19H19N3O3/c23-17-19(8-7-12-3-1-2-4-14(12)9-19)21-18(24)22(17)11-16-20-10-15(25-16)13-5-6-13/h1-4,10,13H,5-9,11H2,(H,21,24). The minimum absolute atomic E-state index is 0.0980. The van der Waals surface area contributed by atoms with Crippen molar-refractivity contribution in [1.29, 1.82) is 0 Å². The number of benzene rings is 1. The number of carbonyl (C=O) groups is 2. The van der Waals surface area contributed by atoms with Crippen LogP contribution < -0.4 is 5.32 Å². The van der Waals surface area contributed by atoms with Gasteiger partial charge in [0.2, 0.25) is 5.89 Å². The molecule has 1 unspecified atom stereocenters. The molecule has 1 aromatic heterocycles. The Balaban J connectivity index is 1.38. The van der Waals surface area contributed by atoms with Gasteiger partial charge < -0.3 is 9.73 Å². The summed E-state index contributed by atoms with van der Waals surface area (Å²) < 4.78 is 5.71. The summed E-state index contributed by atoms with van der Waals surface area (Å²) in [6, 6.07) is 7.76. The first kappa shape index (κ1) is 14.7. The number of aromatic nitrogens is 1. The molecule has 0 bridgehead atoms. The van der Waals surface area contributed by atoms with Gasteiger partial charge in [-0.15, -0.1) is 0 Å². The minimum atomic E-state index is -0.822. The van der Waals surface area contributed by atoms with Gasteiger partial charge in [-0.2, -0.15) is 0 Å². The number of hydrogen-bond donors (Lipinski definition) is 1. The lowest BCUT2D eigenvalue weighted by Crippen LogP contribution is -2.51. The fraction of sp³-hybridized carbons (Fsp3) is 0.421. The second-order valence-corrected chi connectivity index (χ2v) is 7.28. The number of nitrogens with one attached hydrogen (secondary N) is 1. The molecule has 2 aliphatic carbocycles. The summed E-state index contributed by atoms with van der Waals surface area (Å²) in [5.74, 6) is 1.59. The number of hydrogen-bond acceptors (Lipinski definition) is 4. The van der Waals surface area contributed by atoms with E-state index >= 15 is 0 Å². The van der Waals surface area contributed by atoms with Gasteiger partial charge in [0, 0.05) is 12.3 Å². The SMILES string of the molecule is O=C1NC2(CCc3ccccc3C2)C(=O)N1Cc1ncc(C2CC2)o1. The van der Waals surface area contributed by atoms with Crippen molar-refractivity contribution in [3.8, 4) is 0 Å². The van der Waals surface area contributed by atoms with Gasteiger partial charge in [0.05, 0.1) is 6.20 Å². The summed E-state index contributed by atoms with van der Waals surface area (Å²) in [6.07, 6.45) is 5.94. The van der Waals surface area contributed by atoms with Crippen molar-refractivity contribution in [3.63, 3.8) is 0 Å². The number of fused-ring (bicyclic) bond motifs is 1. The van der Waals surface area contributed by atoms with E-state index in [9.17, 15) is 9.59 Å². The number of oxazole rings is 1. The number of urea groups is 1. The summed E-state index contributed by atoms with van der Waals surface area (Å²) in [5, 5.41) is 2.94. The summed E-state index contributed by atoms with van der Waals surface area (Å²) >= 11 is 0. The predicted octanol–water partition coefficient (Wildman–Crippen LogP) is 2.53. The number of rotatable bonds is 3. The summed E-state index contributed by atoms with van der Waals surface area (Å²) in [6.45, 7) is 0.0980. The Bertz CT molecular complexity index is 870. The van der Waals surface area contributed by atoms with Crippen LogP contribution in [0.4, 0.5) is 4.79 Å². The molecule has 6 heteroatoms. The lowest BCUT2D eigenvalue weighted by Gasteiger charge is -2.32. The highest BCUT2D eigenvalue weighted by Crippen LogP contribution is 2.40. The van der Waals surface area contributed by atoms with E-state index in [4.69, 9.17) is 4.42 Å². The maximum Gasteiger partial charge on any atom is 0.325 e. The van der Waals surface area contributed by atoms with Crippen molar-refractivity contribution in [2.45, 2.75) is 50.1 Å². The van der Waals surface area contributed by atoms with Crippen LogP contribution in [0.3, 0.4) is 0 Å². The van der Waals surface area contributed by atoms with Gasteiger partial charge in [0.25, 0.3) is 5.91 Å². The van der Waals surface area contributed by atoms with E-state index < -0.39 is 5.54 Å². The number of amides is 3. The van der Waals surface area contributed by atoms with Crippen LogP contribution in [0.2, 0.25) is 0 Å². The number of aryl methyl sites for hydroxylation is 1. The first-order valence-corrected chi connectivity index (χ1v) is 8.80. The maximum absolute atomic E-state index is 13.0. The van der Waals surface area contributed by atoms with Gasteiger partial charge in [-0.3, -0.25) is 9.69 Å². The van der Waals surface area contributed by atoms with Crippen LogP contribution in [0, 0.1) is 0 Å². The van der Waals surface area contributed by atoms with Crippen LogP contribution in [-0.4, -0.2) is 27.4 Å². The summed E-state index contributed by atoms with van der Waals surface area (Å²) in [5.41, 5.74) is 1.57.